The van der Waals surface area contributed by atoms with Gasteiger partial charge in [0, 0.05) is 18.7 Å². The highest BCUT2D eigenvalue weighted by Crippen LogP contribution is 2.31. The van der Waals surface area contributed by atoms with Gasteiger partial charge in [0.05, 0.1) is 5.60 Å². The molecule has 2 atom stereocenters. The molecule has 1 aliphatic rings. The van der Waals surface area contributed by atoms with Crippen LogP contribution in [-0.2, 0) is 4.79 Å². The van der Waals surface area contributed by atoms with Crippen LogP contribution in [0.4, 0.5) is 0 Å². The third-order valence-electron chi connectivity index (χ3n) is 5.25. The molecular formula is C19H28N2O3. The average Bonchev–Trinajstić information content (AvgIpc) is 2.95. The Balaban J connectivity index is 2.12. The Kier molecular flexibility index (Phi) is 5.33. The normalized spacial score (nSPS) is 23.2. The minimum atomic E-state index is -0.973. The number of rotatable bonds is 5. The van der Waals surface area contributed by atoms with Crippen LogP contribution in [0.2, 0.25) is 0 Å². The Morgan fingerprint density at radius 3 is 2.54 bits per heavy atom. The molecule has 0 aromatic heterocycles. The zero-order valence-electron chi connectivity index (χ0n) is 15.0. The van der Waals surface area contributed by atoms with E-state index in [1.807, 2.05) is 32.0 Å². The SMILES string of the molecule is CC(C)C(C)(O)CNC(=O)C1(C)CCCN1C(=O)c1ccccc1. The summed E-state index contributed by atoms with van der Waals surface area (Å²) < 4.78 is 0. The van der Waals surface area contributed by atoms with Crippen molar-refractivity contribution in [3.05, 3.63) is 35.9 Å². The molecule has 5 nitrogen and oxygen atoms in total. The Morgan fingerprint density at radius 2 is 1.96 bits per heavy atom. The Bertz CT molecular complexity index is 598. The molecule has 5 heteroatoms. The van der Waals surface area contributed by atoms with Gasteiger partial charge in [0.2, 0.25) is 5.91 Å². The number of benzene rings is 1. The maximum absolute atomic E-state index is 12.8. The van der Waals surface area contributed by atoms with Crippen molar-refractivity contribution in [2.45, 2.75) is 51.7 Å². The molecule has 2 rings (SSSR count). The van der Waals surface area contributed by atoms with Crippen molar-refractivity contribution < 1.29 is 14.7 Å². The van der Waals surface area contributed by atoms with Gasteiger partial charge in [0.25, 0.3) is 5.91 Å². The molecule has 132 valence electrons. The van der Waals surface area contributed by atoms with Crippen molar-refractivity contribution in [3.63, 3.8) is 0 Å². The average molecular weight is 332 g/mol. The van der Waals surface area contributed by atoms with Crippen molar-refractivity contribution in [3.8, 4) is 0 Å². The zero-order chi connectivity index (χ0) is 18.0. The predicted molar refractivity (Wildman–Crippen MR) is 93.6 cm³/mol. The summed E-state index contributed by atoms with van der Waals surface area (Å²) >= 11 is 0. The minimum Gasteiger partial charge on any atom is -0.388 e. The molecule has 0 saturated carbocycles. The molecule has 24 heavy (non-hydrogen) atoms. The summed E-state index contributed by atoms with van der Waals surface area (Å²) in [5.41, 5.74) is -1.26. The maximum atomic E-state index is 12.8. The van der Waals surface area contributed by atoms with Crippen LogP contribution in [0.3, 0.4) is 0 Å². The molecule has 0 aliphatic carbocycles. The van der Waals surface area contributed by atoms with E-state index in [1.54, 1.807) is 30.9 Å². The minimum absolute atomic E-state index is 0.0243. The van der Waals surface area contributed by atoms with E-state index < -0.39 is 11.1 Å². The maximum Gasteiger partial charge on any atom is 0.254 e. The number of amides is 2. The van der Waals surface area contributed by atoms with Gasteiger partial charge in [-0.1, -0.05) is 32.0 Å². The lowest BCUT2D eigenvalue weighted by Gasteiger charge is -2.36. The van der Waals surface area contributed by atoms with Gasteiger partial charge in [-0.3, -0.25) is 9.59 Å². The highest BCUT2D eigenvalue weighted by Gasteiger charge is 2.46. The third-order valence-corrected chi connectivity index (χ3v) is 5.25. The fourth-order valence-electron chi connectivity index (χ4n) is 2.92. The van der Waals surface area contributed by atoms with Crippen LogP contribution in [0.5, 0.6) is 0 Å². The second kappa shape index (κ2) is 6.93. The van der Waals surface area contributed by atoms with Crippen LogP contribution in [0.15, 0.2) is 30.3 Å². The quantitative estimate of drug-likeness (QED) is 0.868. The van der Waals surface area contributed by atoms with E-state index in [0.29, 0.717) is 18.5 Å². The van der Waals surface area contributed by atoms with Crippen LogP contribution in [0, 0.1) is 5.92 Å². The summed E-state index contributed by atoms with van der Waals surface area (Å²) in [4.78, 5) is 27.2. The third kappa shape index (κ3) is 3.61. The van der Waals surface area contributed by atoms with Crippen molar-refractivity contribution in [1.29, 1.82) is 0 Å². The molecule has 2 unspecified atom stereocenters. The zero-order valence-corrected chi connectivity index (χ0v) is 15.0. The van der Waals surface area contributed by atoms with Gasteiger partial charge >= 0.3 is 0 Å². The first-order valence-electron chi connectivity index (χ1n) is 8.56. The summed E-state index contributed by atoms with van der Waals surface area (Å²) in [5, 5.41) is 13.2. The van der Waals surface area contributed by atoms with Crippen LogP contribution in [-0.4, -0.2) is 46.1 Å². The van der Waals surface area contributed by atoms with Gasteiger partial charge in [-0.2, -0.15) is 0 Å². The lowest BCUT2D eigenvalue weighted by molar-refractivity contribution is -0.131. The summed E-state index contributed by atoms with van der Waals surface area (Å²) in [5.74, 6) is -0.303. The van der Waals surface area contributed by atoms with E-state index in [9.17, 15) is 14.7 Å². The lowest BCUT2D eigenvalue weighted by atomic mass is 9.91. The molecule has 1 aromatic carbocycles. The second-order valence-corrected chi connectivity index (χ2v) is 7.39. The second-order valence-electron chi connectivity index (χ2n) is 7.39. The summed E-state index contributed by atoms with van der Waals surface area (Å²) in [7, 11) is 0. The largest absolute Gasteiger partial charge is 0.388 e. The molecule has 0 spiro atoms. The molecule has 1 heterocycles. The molecule has 1 aromatic rings. The van der Waals surface area contributed by atoms with Crippen molar-refractivity contribution in [2.75, 3.05) is 13.1 Å². The van der Waals surface area contributed by atoms with Crippen molar-refractivity contribution in [2.24, 2.45) is 5.92 Å². The monoisotopic (exact) mass is 332 g/mol. The van der Waals surface area contributed by atoms with E-state index in [1.165, 1.54) is 0 Å². The van der Waals surface area contributed by atoms with Crippen molar-refractivity contribution >= 4 is 11.8 Å². The number of carbonyl (C=O) groups is 2. The van der Waals surface area contributed by atoms with Gasteiger partial charge < -0.3 is 15.3 Å². The number of aliphatic hydroxyl groups is 1. The number of likely N-dealkylation sites (tertiary alicyclic amines) is 1. The summed E-state index contributed by atoms with van der Waals surface area (Å²) in [6.45, 7) is 8.08. The molecule has 2 amide bonds. The fraction of sp³-hybridized carbons (Fsp3) is 0.579. The Labute approximate surface area is 144 Å². The first-order chi connectivity index (χ1) is 11.2. The van der Waals surface area contributed by atoms with Gasteiger partial charge in [-0.25, -0.2) is 0 Å². The number of carbonyl (C=O) groups excluding carboxylic acids is 2. The number of nitrogens with zero attached hydrogens (tertiary/aromatic N) is 1. The summed E-state index contributed by atoms with van der Waals surface area (Å²) in [6, 6.07) is 9.03. The van der Waals surface area contributed by atoms with Crippen molar-refractivity contribution in [1.82, 2.24) is 10.2 Å². The van der Waals surface area contributed by atoms with Gasteiger partial charge in [-0.15, -0.1) is 0 Å². The Hall–Kier alpha value is -1.88. The van der Waals surface area contributed by atoms with Gasteiger partial charge in [-0.05, 0) is 44.7 Å². The number of hydrogen-bond donors (Lipinski definition) is 2. The predicted octanol–water partition coefficient (Wildman–Crippen LogP) is 2.20. The standard InChI is InChI=1S/C19H28N2O3/c1-14(2)19(4,24)13-20-17(23)18(3)11-8-12-21(18)16(22)15-9-6-5-7-10-15/h5-7,9-10,14,24H,8,11-13H2,1-4H3,(H,20,23). The van der Waals surface area contributed by atoms with E-state index in [4.69, 9.17) is 0 Å². The first-order valence-corrected chi connectivity index (χ1v) is 8.56. The number of nitrogens with one attached hydrogen (secondary N) is 1. The van der Waals surface area contributed by atoms with Gasteiger partial charge in [0.15, 0.2) is 0 Å². The molecule has 1 saturated heterocycles. The molecule has 1 fully saturated rings. The molecule has 2 N–H and O–H groups in total. The lowest BCUT2D eigenvalue weighted by Crippen LogP contribution is -2.57. The van der Waals surface area contributed by atoms with Crippen LogP contribution in [0.25, 0.3) is 0 Å². The molecular weight excluding hydrogens is 304 g/mol. The van der Waals surface area contributed by atoms with Crippen LogP contribution < -0.4 is 5.32 Å². The van der Waals surface area contributed by atoms with Crippen LogP contribution in [0.1, 0.15) is 50.9 Å². The summed E-state index contributed by atoms with van der Waals surface area (Å²) in [6.07, 6.45) is 1.42. The van der Waals surface area contributed by atoms with E-state index >= 15 is 0 Å². The fourth-order valence-corrected chi connectivity index (χ4v) is 2.92. The van der Waals surface area contributed by atoms with Gasteiger partial charge in [0.1, 0.15) is 5.54 Å². The highest BCUT2D eigenvalue weighted by atomic mass is 16.3. The molecule has 0 bridgehead atoms. The molecule has 0 radical (unpaired) electrons. The Morgan fingerprint density at radius 1 is 1.33 bits per heavy atom. The van der Waals surface area contributed by atoms with E-state index in [0.717, 1.165) is 6.42 Å². The first kappa shape index (κ1) is 18.5. The molecule has 1 aliphatic heterocycles. The van der Waals surface area contributed by atoms with E-state index in [-0.39, 0.29) is 24.3 Å². The smallest absolute Gasteiger partial charge is 0.254 e. The number of hydrogen-bond acceptors (Lipinski definition) is 3. The van der Waals surface area contributed by atoms with E-state index in [2.05, 4.69) is 5.32 Å². The van der Waals surface area contributed by atoms with Crippen LogP contribution >= 0.6 is 0 Å². The highest BCUT2D eigenvalue weighted by molar-refractivity contribution is 5.99. The topological polar surface area (TPSA) is 69.6 Å².